The Bertz CT molecular complexity index is 449. The zero-order valence-corrected chi connectivity index (χ0v) is 11.8. The minimum Gasteiger partial charge on any atom is -0.481 e. The molecule has 2 rings (SSSR count). The molecule has 0 aliphatic carbocycles. The summed E-state index contributed by atoms with van der Waals surface area (Å²) in [4.78, 5) is 38.0. The Morgan fingerprint density at radius 2 is 1.90 bits per heavy atom. The molecular formula is C13H21N3O4. The molecule has 2 aliphatic rings. The first-order chi connectivity index (χ1) is 9.24. The van der Waals surface area contributed by atoms with Crippen LogP contribution in [0.5, 0.6) is 0 Å². The molecule has 0 bridgehead atoms. The van der Waals surface area contributed by atoms with Crippen molar-refractivity contribution >= 4 is 17.9 Å². The first kappa shape index (κ1) is 14.6. The molecule has 0 spiro atoms. The van der Waals surface area contributed by atoms with Gasteiger partial charge < -0.3 is 20.6 Å². The quantitative estimate of drug-likeness (QED) is 0.741. The molecule has 112 valence electrons. The monoisotopic (exact) mass is 283 g/mol. The van der Waals surface area contributed by atoms with Gasteiger partial charge in [-0.2, -0.15) is 0 Å². The Kier molecular flexibility index (Phi) is 3.62. The van der Waals surface area contributed by atoms with Crippen LogP contribution >= 0.6 is 0 Å². The summed E-state index contributed by atoms with van der Waals surface area (Å²) in [5, 5.41) is 9.09. The molecule has 0 radical (unpaired) electrons. The predicted octanol–water partition coefficient (Wildman–Crippen LogP) is -0.0438. The lowest BCUT2D eigenvalue weighted by atomic mass is 9.89. The highest BCUT2D eigenvalue weighted by molar-refractivity contribution is 5.83. The van der Waals surface area contributed by atoms with E-state index in [1.165, 1.54) is 0 Å². The Hall–Kier alpha value is -1.79. The third-order valence-corrected chi connectivity index (χ3v) is 4.54. The van der Waals surface area contributed by atoms with E-state index in [1.807, 2.05) is 6.92 Å². The second kappa shape index (κ2) is 4.96. The van der Waals surface area contributed by atoms with Crippen LogP contribution in [0.25, 0.3) is 0 Å². The number of carboxylic acids is 1. The molecule has 20 heavy (non-hydrogen) atoms. The molecule has 0 aromatic heterocycles. The van der Waals surface area contributed by atoms with E-state index in [4.69, 9.17) is 10.8 Å². The minimum atomic E-state index is -0.865. The van der Waals surface area contributed by atoms with Crippen LogP contribution in [-0.2, 0) is 9.59 Å². The highest BCUT2D eigenvalue weighted by Gasteiger charge is 2.44. The van der Waals surface area contributed by atoms with Gasteiger partial charge in [0, 0.05) is 26.2 Å². The fourth-order valence-corrected chi connectivity index (χ4v) is 2.97. The van der Waals surface area contributed by atoms with Crippen LogP contribution in [0.3, 0.4) is 0 Å². The summed E-state index contributed by atoms with van der Waals surface area (Å²) in [6.45, 7) is 5.07. The first-order valence-corrected chi connectivity index (χ1v) is 6.81. The van der Waals surface area contributed by atoms with Crippen molar-refractivity contribution < 1.29 is 19.5 Å². The molecule has 0 aromatic carbocycles. The van der Waals surface area contributed by atoms with Gasteiger partial charge in [0.2, 0.25) is 5.91 Å². The van der Waals surface area contributed by atoms with Crippen LogP contribution < -0.4 is 5.73 Å². The van der Waals surface area contributed by atoms with Gasteiger partial charge in [0.15, 0.2) is 0 Å². The average Bonchev–Trinajstić information content (AvgIpc) is 2.93. The van der Waals surface area contributed by atoms with E-state index in [1.54, 1.807) is 16.7 Å². The van der Waals surface area contributed by atoms with Gasteiger partial charge in [-0.25, -0.2) is 4.79 Å². The number of hydrogen-bond donors (Lipinski definition) is 2. The molecule has 3 unspecified atom stereocenters. The summed E-state index contributed by atoms with van der Waals surface area (Å²) < 4.78 is 0. The fraction of sp³-hybridized carbons (Fsp3) is 0.769. The number of aliphatic carboxylic acids is 1. The molecule has 3 N–H and O–H groups in total. The number of carbonyl (C=O) groups excluding carboxylic acids is 2. The molecule has 2 aliphatic heterocycles. The average molecular weight is 283 g/mol. The van der Waals surface area contributed by atoms with Crippen molar-refractivity contribution in [3.05, 3.63) is 0 Å². The molecular weight excluding hydrogens is 262 g/mol. The first-order valence-electron chi connectivity index (χ1n) is 6.81. The van der Waals surface area contributed by atoms with Gasteiger partial charge in [-0.05, 0) is 19.3 Å². The Morgan fingerprint density at radius 3 is 2.35 bits per heavy atom. The maximum Gasteiger partial charge on any atom is 0.320 e. The predicted molar refractivity (Wildman–Crippen MR) is 70.8 cm³/mol. The number of urea groups is 1. The fourth-order valence-electron chi connectivity index (χ4n) is 2.97. The van der Waals surface area contributed by atoms with Gasteiger partial charge in [-0.3, -0.25) is 9.59 Å². The standard InChI is InChI=1S/C13H21N3O4/c1-8-5-16(6-9(8)10(17)18)12(20)15-4-3-13(2,7-15)11(14)19/h8-9H,3-7H2,1-2H3,(H2,14,19)(H,17,18). The molecule has 3 amide bonds. The molecule has 3 atom stereocenters. The van der Waals surface area contributed by atoms with Gasteiger partial charge in [0.25, 0.3) is 0 Å². The Balaban J connectivity index is 2.00. The zero-order valence-electron chi connectivity index (χ0n) is 11.8. The van der Waals surface area contributed by atoms with E-state index in [0.29, 0.717) is 26.1 Å². The minimum absolute atomic E-state index is 0.0541. The highest BCUT2D eigenvalue weighted by atomic mass is 16.4. The van der Waals surface area contributed by atoms with E-state index >= 15 is 0 Å². The summed E-state index contributed by atoms with van der Waals surface area (Å²) >= 11 is 0. The van der Waals surface area contributed by atoms with Gasteiger partial charge in [-0.15, -0.1) is 0 Å². The summed E-state index contributed by atoms with van der Waals surface area (Å²) in [5.74, 6) is -1.83. The molecule has 2 saturated heterocycles. The molecule has 0 aromatic rings. The number of hydrogen-bond acceptors (Lipinski definition) is 3. The van der Waals surface area contributed by atoms with E-state index in [-0.39, 0.29) is 18.5 Å². The molecule has 2 fully saturated rings. The molecule has 2 heterocycles. The van der Waals surface area contributed by atoms with E-state index in [2.05, 4.69) is 0 Å². The molecule has 7 heteroatoms. The summed E-state index contributed by atoms with van der Waals surface area (Å²) in [6.07, 6.45) is 0.555. The van der Waals surface area contributed by atoms with E-state index in [0.717, 1.165) is 0 Å². The number of carbonyl (C=O) groups is 3. The number of nitrogens with two attached hydrogens (primary N) is 1. The van der Waals surface area contributed by atoms with Crippen LogP contribution in [0.15, 0.2) is 0 Å². The summed E-state index contributed by atoms with van der Waals surface area (Å²) in [6, 6.07) is -0.189. The lowest BCUT2D eigenvalue weighted by molar-refractivity contribution is -0.142. The maximum absolute atomic E-state index is 12.4. The lowest BCUT2D eigenvalue weighted by Gasteiger charge is -2.26. The largest absolute Gasteiger partial charge is 0.481 e. The third-order valence-electron chi connectivity index (χ3n) is 4.54. The van der Waals surface area contributed by atoms with Crippen molar-refractivity contribution in [1.29, 1.82) is 0 Å². The third kappa shape index (κ3) is 2.44. The van der Waals surface area contributed by atoms with Gasteiger partial charge >= 0.3 is 12.0 Å². The smallest absolute Gasteiger partial charge is 0.320 e. The Labute approximate surface area is 117 Å². The number of rotatable bonds is 2. The SMILES string of the molecule is CC1CN(C(=O)N2CCC(C)(C(N)=O)C2)CC1C(=O)O. The molecule has 7 nitrogen and oxygen atoms in total. The summed E-state index contributed by atoms with van der Waals surface area (Å²) in [7, 11) is 0. The van der Waals surface area contributed by atoms with Crippen LogP contribution in [0, 0.1) is 17.3 Å². The summed E-state index contributed by atoms with van der Waals surface area (Å²) in [5.41, 5.74) is 4.69. The number of likely N-dealkylation sites (tertiary alicyclic amines) is 2. The number of amides is 3. The number of nitrogens with zero attached hydrogens (tertiary/aromatic N) is 2. The van der Waals surface area contributed by atoms with E-state index in [9.17, 15) is 14.4 Å². The van der Waals surface area contributed by atoms with Gasteiger partial charge in [0.1, 0.15) is 0 Å². The zero-order chi connectivity index (χ0) is 15.1. The van der Waals surface area contributed by atoms with Crippen LogP contribution in [0.1, 0.15) is 20.3 Å². The topological polar surface area (TPSA) is 104 Å². The lowest BCUT2D eigenvalue weighted by Crippen LogP contribution is -2.44. The van der Waals surface area contributed by atoms with Crippen LogP contribution in [-0.4, -0.2) is 59.0 Å². The van der Waals surface area contributed by atoms with E-state index < -0.39 is 23.2 Å². The second-order valence-corrected chi connectivity index (χ2v) is 6.21. The van der Waals surface area contributed by atoms with Crippen molar-refractivity contribution in [3.8, 4) is 0 Å². The Morgan fingerprint density at radius 1 is 1.25 bits per heavy atom. The van der Waals surface area contributed by atoms with Crippen molar-refractivity contribution in [3.63, 3.8) is 0 Å². The number of carboxylic acid groups (broad SMARTS) is 1. The maximum atomic E-state index is 12.4. The van der Waals surface area contributed by atoms with Crippen molar-refractivity contribution in [2.24, 2.45) is 23.0 Å². The van der Waals surface area contributed by atoms with Crippen LogP contribution in [0.2, 0.25) is 0 Å². The number of primary amides is 1. The van der Waals surface area contributed by atoms with Crippen LogP contribution in [0.4, 0.5) is 4.79 Å². The highest BCUT2D eigenvalue weighted by Crippen LogP contribution is 2.31. The normalized spacial score (nSPS) is 33.5. The van der Waals surface area contributed by atoms with Crippen molar-refractivity contribution in [2.75, 3.05) is 26.2 Å². The van der Waals surface area contributed by atoms with Crippen molar-refractivity contribution in [1.82, 2.24) is 9.80 Å². The molecule has 0 saturated carbocycles. The van der Waals surface area contributed by atoms with Gasteiger partial charge in [-0.1, -0.05) is 6.92 Å². The van der Waals surface area contributed by atoms with Gasteiger partial charge in [0.05, 0.1) is 11.3 Å². The van der Waals surface area contributed by atoms with Crippen molar-refractivity contribution in [2.45, 2.75) is 20.3 Å². The second-order valence-electron chi connectivity index (χ2n) is 6.21.